The summed E-state index contributed by atoms with van der Waals surface area (Å²) in [5.74, 6) is 0.0356. The molecule has 0 radical (unpaired) electrons. The molecule has 0 aliphatic carbocycles. The van der Waals surface area contributed by atoms with Gasteiger partial charge in [0.15, 0.2) is 0 Å². The summed E-state index contributed by atoms with van der Waals surface area (Å²) in [6, 6.07) is 6.42. The number of benzene rings is 1. The molecule has 1 aliphatic rings. The average Bonchev–Trinajstić information content (AvgIpc) is 2.46. The van der Waals surface area contributed by atoms with E-state index in [1.165, 1.54) is 6.07 Å². The number of rotatable bonds is 6. The minimum Gasteiger partial charge on any atom is -0.378 e. The number of ketones is 1. The van der Waals surface area contributed by atoms with E-state index in [9.17, 15) is 14.9 Å². The highest BCUT2D eigenvalue weighted by molar-refractivity contribution is 5.81. The lowest BCUT2D eigenvalue weighted by atomic mass is 9.99. The molecule has 20 heavy (non-hydrogen) atoms. The van der Waals surface area contributed by atoms with Crippen LogP contribution in [-0.4, -0.2) is 23.4 Å². The fourth-order valence-corrected chi connectivity index (χ4v) is 2.50. The first-order valence-corrected chi connectivity index (χ1v) is 7.02. The second-order valence-electron chi connectivity index (χ2n) is 5.13. The topological polar surface area (TPSA) is 69.4 Å². The third-order valence-electron chi connectivity index (χ3n) is 3.60. The number of ether oxygens (including phenoxy) is 1. The Morgan fingerprint density at radius 1 is 1.35 bits per heavy atom. The molecule has 0 spiro atoms. The predicted molar refractivity (Wildman–Crippen MR) is 74.6 cm³/mol. The van der Waals surface area contributed by atoms with Gasteiger partial charge in [0.25, 0.3) is 5.69 Å². The monoisotopic (exact) mass is 277 g/mol. The van der Waals surface area contributed by atoms with Gasteiger partial charge in [-0.1, -0.05) is 18.2 Å². The fourth-order valence-electron chi connectivity index (χ4n) is 2.50. The van der Waals surface area contributed by atoms with Crippen LogP contribution in [0.5, 0.6) is 0 Å². The highest BCUT2D eigenvalue weighted by atomic mass is 16.6. The molecule has 5 nitrogen and oxygen atoms in total. The highest BCUT2D eigenvalue weighted by Crippen LogP contribution is 2.21. The van der Waals surface area contributed by atoms with Gasteiger partial charge in [-0.3, -0.25) is 14.9 Å². The van der Waals surface area contributed by atoms with Gasteiger partial charge in [0.2, 0.25) is 0 Å². The summed E-state index contributed by atoms with van der Waals surface area (Å²) < 4.78 is 5.58. The normalized spacial score (nSPS) is 18.7. The van der Waals surface area contributed by atoms with Crippen LogP contribution in [0.1, 0.15) is 37.7 Å². The van der Waals surface area contributed by atoms with Crippen molar-refractivity contribution in [2.45, 2.75) is 44.6 Å². The van der Waals surface area contributed by atoms with Gasteiger partial charge < -0.3 is 4.74 Å². The molecule has 1 aromatic rings. The third kappa shape index (κ3) is 4.13. The van der Waals surface area contributed by atoms with E-state index in [0.717, 1.165) is 32.3 Å². The SMILES string of the molecule is O=C(CCC1CCCCO1)Cc1ccccc1[N+](=O)[O-]. The number of nitro benzene ring substituents is 1. The minimum absolute atomic E-state index is 0.0229. The summed E-state index contributed by atoms with van der Waals surface area (Å²) in [5, 5.41) is 10.9. The first-order valence-electron chi connectivity index (χ1n) is 7.02. The van der Waals surface area contributed by atoms with E-state index in [1.807, 2.05) is 0 Å². The smallest absolute Gasteiger partial charge is 0.273 e. The van der Waals surface area contributed by atoms with Crippen molar-refractivity contribution in [1.82, 2.24) is 0 Å². The molecule has 2 rings (SSSR count). The number of Topliss-reactive ketones (excluding diaryl/α,β-unsaturated/α-hetero) is 1. The molecule has 108 valence electrons. The molecule has 1 unspecified atom stereocenters. The van der Waals surface area contributed by atoms with Gasteiger partial charge in [-0.15, -0.1) is 0 Å². The summed E-state index contributed by atoms with van der Waals surface area (Å²) in [5.41, 5.74) is 0.516. The van der Waals surface area contributed by atoms with E-state index in [-0.39, 0.29) is 24.0 Å². The molecule has 0 amide bonds. The molecular weight excluding hydrogens is 258 g/mol. The van der Waals surface area contributed by atoms with Crippen molar-refractivity contribution in [2.24, 2.45) is 0 Å². The molecule has 0 bridgehead atoms. The van der Waals surface area contributed by atoms with Crippen LogP contribution >= 0.6 is 0 Å². The molecule has 0 aromatic heterocycles. The van der Waals surface area contributed by atoms with E-state index < -0.39 is 4.92 Å². The van der Waals surface area contributed by atoms with Crippen molar-refractivity contribution in [2.75, 3.05) is 6.61 Å². The van der Waals surface area contributed by atoms with Crippen LogP contribution in [-0.2, 0) is 16.0 Å². The Bertz CT molecular complexity index is 481. The van der Waals surface area contributed by atoms with Gasteiger partial charge in [-0.2, -0.15) is 0 Å². The van der Waals surface area contributed by atoms with Crippen molar-refractivity contribution in [3.63, 3.8) is 0 Å². The number of nitro groups is 1. The maximum atomic E-state index is 12.0. The van der Waals surface area contributed by atoms with E-state index in [2.05, 4.69) is 0 Å². The fraction of sp³-hybridized carbons (Fsp3) is 0.533. The van der Waals surface area contributed by atoms with Crippen LogP contribution < -0.4 is 0 Å². The van der Waals surface area contributed by atoms with Gasteiger partial charge in [-0.05, 0) is 25.7 Å². The Kier molecular flexibility index (Phi) is 5.24. The summed E-state index contributed by atoms with van der Waals surface area (Å²) in [6.07, 6.45) is 4.72. The van der Waals surface area contributed by atoms with Crippen LogP contribution in [0.4, 0.5) is 5.69 Å². The standard InChI is InChI=1S/C15H19NO4/c17-13(8-9-14-6-3-4-10-20-14)11-12-5-1-2-7-15(12)16(18)19/h1-2,5,7,14H,3-4,6,8-11H2. The lowest BCUT2D eigenvalue weighted by molar-refractivity contribution is -0.385. The van der Waals surface area contributed by atoms with Crippen molar-refractivity contribution >= 4 is 11.5 Å². The number of nitrogens with zero attached hydrogens (tertiary/aromatic N) is 1. The van der Waals surface area contributed by atoms with Gasteiger partial charge in [0, 0.05) is 31.1 Å². The van der Waals surface area contributed by atoms with Gasteiger partial charge in [-0.25, -0.2) is 0 Å². The molecule has 1 aromatic carbocycles. The molecular formula is C15H19NO4. The summed E-state index contributed by atoms with van der Waals surface area (Å²) in [4.78, 5) is 22.4. The van der Waals surface area contributed by atoms with Crippen LogP contribution in [0.2, 0.25) is 0 Å². The first kappa shape index (κ1) is 14.7. The van der Waals surface area contributed by atoms with Gasteiger partial charge in [0.05, 0.1) is 11.0 Å². The molecule has 1 atom stereocenters. The Labute approximate surface area is 118 Å². The molecule has 0 saturated carbocycles. The van der Waals surface area contributed by atoms with Crippen molar-refractivity contribution in [3.05, 3.63) is 39.9 Å². The van der Waals surface area contributed by atoms with Crippen molar-refractivity contribution in [3.8, 4) is 0 Å². The molecule has 1 aliphatic heterocycles. The molecule has 1 heterocycles. The zero-order valence-electron chi connectivity index (χ0n) is 11.4. The number of carbonyl (C=O) groups is 1. The first-order chi connectivity index (χ1) is 9.66. The Morgan fingerprint density at radius 3 is 2.85 bits per heavy atom. The summed E-state index contributed by atoms with van der Waals surface area (Å²) >= 11 is 0. The largest absolute Gasteiger partial charge is 0.378 e. The van der Waals surface area contributed by atoms with E-state index in [4.69, 9.17) is 4.74 Å². The second-order valence-corrected chi connectivity index (χ2v) is 5.13. The zero-order valence-corrected chi connectivity index (χ0v) is 11.4. The number of para-hydroxylation sites is 1. The average molecular weight is 277 g/mol. The van der Waals surface area contributed by atoms with Crippen molar-refractivity contribution < 1.29 is 14.5 Å². The Balaban J connectivity index is 1.86. The van der Waals surface area contributed by atoms with E-state index in [1.54, 1.807) is 18.2 Å². The predicted octanol–water partition coefficient (Wildman–Crippen LogP) is 3.06. The van der Waals surface area contributed by atoms with Crippen LogP contribution in [0.15, 0.2) is 24.3 Å². The van der Waals surface area contributed by atoms with Crippen LogP contribution in [0.25, 0.3) is 0 Å². The number of hydrogen-bond acceptors (Lipinski definition) is 4. The van der Waals surface area contributed by atoms with E-state index in [0.29, 0.717) is 12.0 Å². The van der Waals surface area contributed by atoms with Crippen LogP contribution in [0, 0.1) is 10.1 Å². The van der Waals surface area contributed by atoms with Crippen LogP contribution in [0.3, 0.4) is 0 Å². The highest BCUT2D eigenvalue weighted by Gasteiger charge is 2.18. The summed E-state index contributed by atoms with van der Waals surface area (Å²) in [7, 11) is 0. The van der Waals surface area contributed by atoms with Gasteiger partial charge >= 0.3 is 0 Å². The molecule has 1 fully saturated rings. The second kappa shape index (κ2) is 7.14. The molecule has 5 heteroatoms. The van der Waals surface area contributed by atoms with E-state index >= 15 is 0 Å². The number of hydrogen-bond donors (Lipinski definition) is 0. The van der Waals surface area contributed by atoms with Gasteiger partial charge in [0.1, 0.15) is 5.78 Å². The third-order valence-corrected chi connectivity index (χ3v) is 3.60. The molecule has 0 N–H and O–H groups in total. The minimum atomic E-state index is -0.438. The Hall–Kier alpha value is -1.75. The lowest BCUT2D eigenvalue weighted by Crippen LogP contribution is -2.20. The maximum absolute atomic E-state index is 12.0. The summed E-state index contributed by atoms with van der Waals surface area (Å²) in [6.45, 7) is 0.781. The zero-order chi connectivity index (χ0) is 14.4. The Morgan fingerprint density at radius 2 is 2.15 bits per heavy atom. The number of carbonyl (C=O) groups excluding carboxylic acids is 1. The maximum Gasteiger partial charge on any atom is 0.273 e. The van der Waals surface area contributed by atoms with Crippen molar-refractivity contribution in [1.29, 1.82) is 0 Å². The quantitative estimate of drug-likeness (QED) is 0.592. The molecule has 1 saturated heterocycles. The lowest BCUT2D eigenvalue weighted by Gasteiger charge is -2.22.